The smallest absolute Gasteiger partial charge is 0.180 e. The Kier molecular flexibility index (Phi) is 5.16. The van der Waals surface area contributed by atoms with Crippen LogP contribution in [0.15, 0.2) is 53.4 Å². The summed E-state index contributed by atoms with van der Waals surface area (Å²) in [5.41, 5.74) is 4.64. The topological polar surface area (TPSA) is 70.4 Å². The fourth-order valence-corrected chi connectivity index (χ4v) is 3.86. The van der Waals surface area contributed by atoms with Crippen LogP contribution in [-0.4, -0.2) is 24.3 Å². The molecule has 0 aliphatic heterocycles. The molecule has 0 unspecified atom stereocenters. The molecule has 0 saturated carbocycles. The number of rotatable bonds is 6. The summed E-state index contributed by atoms with van der Waals surface area (Å²) in [6.07, 6.45) is 5.62. The molecule has 1 aromatic carbocycles. The van der Waals surface area contributed by atoms with Crippen LogP contribution in [0, 0.1) is 32.4 Å². The number of fused-ring (bicyclic) bond motifs is 1. The van der Waals surface area contributed by atoms with E-state index in [0.717, 1.165) is 34.0 Å². The Balaban J connectivity index is 1.49. The van der Waals surface area contributed by atoms with Crippen LogP contribution in [0.3, 0.4) is 0 Å². The number of nitrogens with zero attached hydrogens (tertiary/aromatic N) is 5. The molecule has 0 aliphatic carbocycles. The number of hydrogen-bond donors (Lipinski definition) is 0. The highest BCUT2D eigenvalue weighted by Gasteiger charge is 2.18. The third-order valence-corrected chi connectivity index (χ3v) is 5.34. The molecule has 0 aliphatic rings. The van der Waals surface area contributed by atoms with Gasteiger partial charge in [0.25, 0.3) is 0 Å². The van der Waals surface area contributed by atoms with Crippen LogP contribution in [0.1, 0.15) is 28.3 Å². The third-order valence-electron chi connectivity index (χ3n) is 5.34. The van der Waals surface area contributed by atoms with Gasteiger partial charge in [-0.05, 0) is 44.5 Å². The number of benzene rings is 1. The predicted octanol–water partition coefficient (Wildman–Crippen LogP) is 5.02. The van der Waals surface area contributed by atoms with Crippen molar-refractivity contribution < 1.29 is 18.0 Å². The summed E-state index contributed by atoms with van der Waals surface area (Å²) < 4.78 is 42.7. The van der Waals surface area contributed by atoms with Crippen LogP contribution in [0.4, 0.5) is 8.78 Å². The van der Waals surface area contributed by atoms with Crippen LogP contribution >= 0.6 is 0 Å². The van der Waals surface area contributed by atoms with Gasteiger partial charge in [-0.15, -0.1) is 0 Å². The van der Waals surface area contributed by atoms with E-state index in [1.807, 2.05) is 43.6 Å². The summed E-state index contributed by atoms with van der Waals surface area (Å²) in [6, 6.07) is 7.42. The van der Waals surface area contributed by atoms with Gasteiger partial charge in [0.05, 0.1) is 29.7 Å². The molecule has 4 aromatic heterocycles. The lowest BCUT2D eigenvalue weighted by atomic mass is 10.2. The zero-order chi connectivity index (χ0) is 23.1. The first kappa shape index (κ1) is 20.9. The maximum absolute atomic E-state index is 14.0. The minimum atomic E-state index is -0.645. The van der Waals surface area contributed by atoms with E-state index < -0.39 is 11.6 Å². The monoisotopic (exact) mass is 449 g/mol. The average molecular weight is 449 g/mol. The number of ether oxygens (including phenoxy) is 1. The second kappa shape index (κ2) is 8.16. The van der Waals surface area contributed by atoms with E-state index in [-0.39, 0.29) is 12.2 Å². The Bertz CT molecular complexity index is 1450. The molecule has 0 bridgehead atoms. The van der Waals surface area contributed by atoms with Gasteiger partial charge in [-0.3, -0.25) is 9.08 Å². The van der Waals surface area contributed by atoms with Crippen molar-refractivity contribution in [2.45, 2.75) is 33.9 Å². The molecular weight excluding hydrogens is 428 g/mol. The first-order valence-electron chi connectivity index (χ1n) is 10.4. The van der Waals surface area contributed by atoms with Gasteiger partial charge >= 0.3 is 0 Å². The fourth-order valence-electron chi connectivity index (χ4n) is 3.86. The molecule has 9 heteroatoms. The highest BCUT2D eigenvalue weighted by atomic mass is 19.1. The highest BCUT2D eigenvalue weighted by molar-refractivity contribution is 5.69. The molecule has 0 N–H and O–H groups in total. The Morgan fingerprint density at radius 1 is 1.06 bits per heavy atom. The summed E-state index contributed by atoms with van der Waals surface area (Å²) in [5, 5.41) is 8.45. The highest BCUT2D eigenvalue weighted by Crippen LogP contribution is 2.31. The number of pyridine rings is 1. The molecule has 0 fully saturated rings. The van der Waals surface area contributed by atoms with Crippen LogP contribution < -0.4 is 4.74 Å². The molecule has 5 rings (SSSR count). The summed E-state index contributed by atoms with van der Waals surface area (Å²) in [4.78, 5) is 4.67. The number of imidazole rings is 1. The van der Waals surface area contributed by atoms with Gasteiger partial charge in [0.1, 0.15) is 29.7 Å². The van der Waals surface area contributed by atoms with Crippen LogP contribution in [0.2, 0.25) is 0 Å². The van der Waals surface area contributed by atoms with E-state index in [4.69, 9.17) is 9.26 Å². The molecule has 0 amide bonds. The minimum absolute atomic E-state index is 0.120. The van der Waals surface area contributed by atoms with Gasteiger partial charge < -0.3 is 9.26 Å². The molecule has 0 radical (unpaired) electrons. The van der Waals surface area contributed by atoms with Crippen LogP contribution in [-0.2, 0) is 13.2 Å². The first-order valence-corrected chi connectivity index (χ1v) is 10.4. The summed E-state index contributed by atoms with van der Waals surface area (Å²) in [7, 11) is 0. The van der Waals surface area contributed by atoms with E-state index in [9.17, 15) is 8.78 Å². The molecule has 0 atom stereocenters. The van der Waals surface area contributed by atoms with E-state index in [1.54, 1.807) is 16.9 Å². The van der Waals surface area contributed by atoms with Gasteiger partial charge in [0.2, 0.25) is 0 Å². The Hall–Kier alpha value is -4.01. The lowest BCUT2D eigenvalue weighted by Crippen LogP contribution is -2.03. The fraction of sp³-hybridized carbons (Fsp3) is 0.208. The molecule has 168 valence electrons. The molecule has 7 nitrogen and oxygen atoms in total. The van der Waals surface area contributed by atoms with Crippen molar-refractivity contribution in [1.82, 2.24) is 24.3 Å². The van der Waals surface area contributed by atoms with Crippen molar-refractivity contribution in [2.75, 3.05) is 0 Å². The second-order valence-corrected chi connectivity index (χ2v) is 7.97. The van der Waals surface area contributed by atoms with E-state index in [0.29, 0.717) is 17.9 Å². The Morgan fingerprint density at radius 2 is 1.85 bits per heavy atom. The van der Waals surface area contributed by atoms with Crippen molar-refractivity contribution in [3.05, 3.63) is 88.8 Å². The molecule has 0 spiro atoms. The van der Waals surface area contributed by atoms with Gasteiger partial charge in [-0.25, -0.2) is 13.8 Å². The van der Waals surface area contributed by atoms with Crippen molar-refractivity contribution in [3.63, 3.8) is 0 Å². The Morgan fingerprint density at radius 3 is 2.58 bits per heavy atom. The van der Waals surface area contributed by atoms with Crippen molar-refractivity contribution >= 4 is 5.65 Å². The summed E-state index contributed by atoms with van der Waals surface area (Å²) >= 11 is 0. The minimum Gasteiger partial charge on any atom is -0.485 e. The maximum atomic E-state index is 14.0. The van der Waals surface area contributed by atoms with E-state index >= 15 is 0 Å². The predicted molar refractivity (Wildman–Crippen MR) is 117 cm³/mol. The summed E-state index contributed by atoms with van der Waals surface area (Å²) in [6.45, 7) is 5.90. The Labute approximate surface area is 188 Å². The van der Waals surface area contributed by atoms with Crippen LogP contribution in [0.5, 0.6) is 5.75 Å². The average Bonchev–Trinajstić information content (AvgIpc) is 3.46. The SMILES string of the molecule is Cc1cc(OCc2c(F)cccc2F)c2nc(C)c(-c3cnn(Cc4cc(C)on4)c3)n2c1. The zero-order valence-electron chi connectivity index (χ0n) is 18.3. The van der Waals surface area contributed by atoms with Gasteiger partial charge in [-0.2, -0.15) is 5.10 Å². The molecule has 0 saturated heterocycles. The lowest BCUT2D eigenvalue weighted by molar-refractivity contribution is 0.294. The number of halogens is 2. The number of aromatic nitrogens is 5. The molecule has 5 aromatic rings. The van der Waals surface area contributed by atoms with Crippen LogP contribution in [0.25, 0.3) is 16.9 Å². The summed E-state index contributed by atoms with van der Waals surface area (Å²) in [5.74, 6) is -0.104. The van der Waals surface area contributed by atoms with E-state index in [2.05, 4.69) is 15.2 Å². The second-order valence-electron chi connectivity index (χ2n) is 7.97. The normalized spacial score (nSPS) is 11.4. The number of aryl methyl sites for hydroxylation is 3. The van der Waals surface area contributed by atoms with Crippen molar-refractivity contribution in [3.8, 4) is 17.0 Å². The molecule has 33 heavy (non-hydrogen) atoms. The standard InChI is InChI=1S/C24H21F2N5O2/c1-14-7-22(32-13-19-20(25)5-4-6-21(19)26)24-28-16(3)23(31(24)10-14)17-9-27-30(11-17)12-18-8-15(2)33-29-18/h4-11H,12-13H2,1-3H3. The lowest BCUT2D eigenvalue weighted by Gasteiger charge is -2.11. The maximum Gasteiger partial charge on any atom is 0.180 e. The largest absolute Gasteiger partial charge is 0.485 e. The third kappa shape index (κ3) is 3.97. The zero-order valence-corrected chi connectivity index (χ0v) is 18.3. The van der Waals surface area contributed by atoms with Crippen molar-refractivity contribution in [2.24, 2.45) is 0 Å². The van der Waals surface area contributed by atoms with Gasteiger partial charge in [-0.1, -0.05) is 11.2 Å². The molecular formula is C24H21F2N5O2. The molecule has 4 heterocycles. The van der Waals surface area contributed by atoms with Crippen molar-refractivity contribution in [1.29, 1.82) is 0 Å². The van der Waals surface area contributed by atoms with Gasteiger partial charge in [0.15, 0.2) is 11.4 Å². The number of hydrogen-bond acceptors (Lipinski definition) is 5. The first-order chi connectivity index (χ1) is 15.9. The quantitative estimate of drug-likeness (QED) is 0.364. The van der Waals surface area contributed by atoms with Gasteiger partial charge in [0, 0.05) is 24.0 Å². The van der Waals surface area contributed by atoms with E-state index in [1.165, 1.54) is 18.2 Å².